The van der Waals surface area contributed by atoms with E-state index in [0.29, 0.717) is 13.1 Å². The normalized spacial score (nSPS) is 11.2. The first-order chi connectivity index (χ1) is 8.90. The van der Waals surface area contributed by atoms with Crippen LogP contribution in [-0.4, -0.2) is 26.6 Å². The minimum absolute atomic E-state index is 0.0321. The molecule has 0 unspecified atom stereocenters. The highest BCUT2D eigenvalue weighted by Gasteiger charge is 2.25. The Labute approximate surface area is 123 Å². The van der Waals surface area contributed by atoms with Crippen LogP contribution < -0.4 is 15.4 Å². The molecule has 0 bridgehead atoms. The van der Waals surface area contributed by atoms with E-state index in [1.165, 1.54) is 0 Å². The molecular weight excluding hydrogens is 308 g/mol. The molecule has 1 rings (SSSR count). The summed E-state index contributed by atoms with van der Waals surface area (Å²) >= 11 is 3.51. The van der Waals surface area contributed by atoms with Gasteiger partial charge in [-0.3, -0.25) is 4.79 Å². The third kappa shape index (κ3) is 4.51. The van der Waals surface area contributed by atoms with Crippen molar-refractivity contribution < 1.29 is 9.53 Å². The number of methoxy groups -OCH3 is 1. The summed E-state index contributed by atoms with van der Waals surface area (Å²) in [5.41, 5.74) is 0.673. The topological polar surface area (TPSA) is 50.4 Å². The van der Waals surface area contributed by atoms with Crippen LogP contribution in [0.3, 0.4) is 0 Å². The van der Waals surface area contributed by atoms with Gasteiger partial charge in [0.15, 0.2) is 0 Å². The zero-order valence-corrected chi connectivity index (χ0v) is 13.4. The van der Waals surface area contributed by atoms with Crippen molar-refractivity contribution in [1.82, 2.24) is 10.6 Å². The fourth-order valence-corrected chi connectivity index (χ4v) is 2.13. The first kappa shape index (κ1) is 16.0. The molecule has 4 nitrogen and oxygen atoms in total. The molecule has 0 atom stereocenters. The van der Waals surface area contributed by atoms with Crippen LogP contribution in [0.2, 0.25) is 0 Å². The highest BCUT2D eigenvalue weighted by atomic mass is 79.9. The van der Waals surface area contributed by atoms with Crippen molar-refractivity contribution in [2.45, 2.75) is 20.4 Å². The molecule has 19 heavy (non-hydrogen) atoms. The maximum absolute atomic E-state index is 11.7. The van der Waals surface area contributed by atoms with Gasteiger partial charge in [0.2, 0.25) is 5.91 Å². The summed E-state index contributed by atoms with van der Waals surface area (Å²) in [4.78, 5) is 11.7. The molecule has 0 radical (unpaired) electrons. The largest absolute Gasteiger partial charge is 0.497 e. The quantitative estimate of drug-likeness (QED) is 0.842. The first-order valence-corrected chi connectivity index (χ1v) is 6.95. The molecule has 1 aromatic carbocycles. The van der Waals surface area contributed by atoms with Crippen molar-refractivity contribution in [3.05, 3.63) is 28.2 Å². The molecule has 1 aromatic rings. The van der Waals surface area contributed by atoms with E-state index in [2.05, 4.69) is 26.6 Å². The second-order valence-corrected chi connectivity index (χ2v) is 5.88. The van der Waals surface area contributed by atoms with Gasteiger partial charge >= 0.3 is 0 Å². The van der Waals surface area contributed by atoms with Crippen molar-refractivity contribution in [1.29, 1.82) is 0 Å². The lowest BCUT2D eigenvalue weighted by molar-refractivity contribution is -0.128. The van der Waals surface area contributed by atoms with Gasteiger partial charge in [-0.1, -0.05) is 15.9 Å². The molecule has 0 aliphatic carbocycles. The zero-order chi connectivity index (χ0) is 14.5. The van der Waals surface area contributed by atoms with Crippen molar-refractivity contribution in [3.8, 4) is 5.75 Å². The van der Waals surface area contributed by atoms with Crippen LogP contribution >= 0.6 is 15.9 Å². The van der Waals surface area contributed by atoms with Gasteiger partial charge in [-0.2, -0.15) is 0 Å². The number of carbonyl (C=O) groups is 1. The highest BCUT2D eigenvalue weighted by molar-refractivity contribution is 9.10. The summed E-state index contributed by atoms with van der Waals surface area (Å²) in [7, 11) is 3.30. The van der Waals surface area contributed by atoms with E-state index < -0.39 is 5.41 Å². The van der Waals surface area contributed by atoms with E-state index in [-0.39, 0.29) is 5.91 Å². The Hall–Kier alpha value is -1.07. The third-order valence-corrected chi connectivity index (χ3v) is 3.75. The monoisotopic (exact) mass is 328 g/mol. The second-order valence-electron chi connectivity index (χ2n) is 5.02. The van der Waals surface area contributed by atoms with Crippen LogP contribution in [-0.2, 0) is 11.3 Å². The van der Waals surface area contributed by atoms with Crippen LogP contribution in [0.25, 0.3) is 0 Å². The van der Waals surface area contributed by atoms with E-state index in [0.717, 1.165) is 15.8 Å². The van der Waals surface area contributed by atoms with E-state index in [4.69, 9.17) is 4.74 Å². The number of rotatable bonds is 6. The van der Waals surface area contributed by atoms with Gasteiger partial charge in [-0.15, -0.1) is 0 Å². The summed E-state index contributed by atoms with van der Waals surface area (Å²) in [6.07, 6.45) is 0. The molecule has 0 spiro atoms. The molecule has 0 fully saturated rings. The van der Waals surface area contributed by atoms with E-state index in [9.17, 15) is 4.79 Å². The van der Waals surface area contributed by atoms with E-state index in [1.54, 1.807) is 14.2 Å². The van der Waals surface area contributed by atoms with Crippen LogP contribution in [0.5, 0.6) is 5.75 Å². The molecule has 0 saturated carbocycles. The molecule has 5 heteroatoms. The van der Waals surface area contributed by atoms with Crippen LogP contribution in [0.15, 0.2) is 22.7 Å². The second kappa shape index (κ2) is 6.91. The molecule has 0 aliphatic heterocycles. The number of hydrogen-bond acceptors (Lipinski definition) is 3. The average Bonchev–Trinajstić information content (AvgIpc) is 2.39. The van der Waals surface area contributed by atoms with Crippen LogP contribution in [0, 0.1) is 5.41 Å². The fraction of sp³-hybridized carbons (Fsp3) is 0.500. The van der Waals surface area contributed by atoms with Gasteiger partial charge in [-0.05, 0) is 37.6 Å². The Bertz CT molecular complexity index is 447. The summed E-state index contributed by atoms with van der Waals surface area (Å²) in [6, 6.07) is 5.84. The molecule has 106 valence electrons. The van der Waals surface area contributed by atoms with Gasteiger partial charge in [0.1, 0.15) is 5.75 Å². The lowest BCUT2D eigenvalue weighted by Gasteiger charge is -2.23. The van der Waals surface area contributed by atoms with E-state index in [1.807, 2.05) is 32.0 Å². The van der Waals surface area contributed by atoms with Gasteiger partial charge in [-0.25, -0.2) is 0 Å². The molecule has 0 aliphatic rings. The third-order valence-electron chi connectivity index (χ3n) is 2.98. The predicted octanol–water partition coefficient (Wildman–Crippen LogP) is 2.32. The van der Waals surface area contributed by atoms with Crippen molar-refractivity contribution in [3.63, 3.8) is 0 Å². The Kier molecular flexibility index (Phi) is 5.82. The molecule has 0 heterocycles. The van der Waals surface area contributed by atoms with Gasteiger partial charge in [0, 0.05) is 24.6 Å². The summed E-state index contributed by atoms with van der Waals surface area (Å²) in [6.45, 7) is 5.12. The summed E-state index contributed by atoms with van der Waals surface area (Å²) in [5, 5.41) is 5.98. The Morgan fingerprint density at radius 2 is 2.11 bits per heavy atom. The fourth-order valence-electron chi connectivity index (χ4n) is 1.74. The number of halogens is 1. The standard InChI is InChI=1S/C14H21BrN2O2/c1-14(2,13(18)16-3)9-17-8-10-7-11(19-4)5-6-12(10)15/h5-7,17H,8-9H2,1-4H3,(H,16,18). The molecular formula is C14H21BrN2O2. The predicted molar refractivity (Wildman–Crippen MR) is 80.2 cm³/mol. The molecule has 0 aromatic heterocycles. The Morgan fingerprint density at radius 3 is 2.68 bits per heavy atom. The van der Waals surface area contributed by atoms with Crippen molar-refractivity contribution in [2.75, 3.05) is 20.7 Å². The lowest BCUT2D eigenvalue weighted by Crippen LogP contribution is -2.41. The van der Waals surface area contributed by atoms with E-state index >= 15 is 0 Å². The number of nitrogens with one attached hydrogen (secondary N) is 2. The number of carbonyl (C=O) groups excluding carboxylic acids is 1. The lowest BCUT2D eigenvalue weighted by atomic mass is 9.92. The molecule has 1 amide bonds. The average molecular weight is 329 g/mol. The van der Waals surface area contributed by atoms with Crippen LogP contribution in [0.1, 0.15) is 19.4 Å². The summed E-state index contributed by atoms with van der Waals surface area (Å²) in [5.74, 6) is 0.857. The number of ether oxygens (including phenoxy) is 1. The first-order valence-electron chi connectivity index (χ1n) is 6.16. The van der Waals surface area contributed by atoms with Crippen LogP contribution in [0.4, 0.5) is 0 Å². The number of amides is 1. The van der Waals surface area contributed by atoms with Gasteiger partial charge in [0.25, 0.3) is 0 Å². The van der Waals surface area contributed by atoms with Crippen molar-refractivity contribution in [2.24, 2.45) is 5.41 Å². The zero-order valence-electron chi connectivity index (χ0n) is 11.8. The Morgan fingerprint density at radius 1 is 1.42 bits per heavy atom. The maximum Gasteiger partial charge on any atom is 0.226 e. The SMILES string of the molecule is CNC(=O)C(C)(C)CNCc1cc(OC)ccc1Br. The summed E-state index contributed by atoms with van der Waals surface area (Å²) < 4.78 is 6.23. The molecule has 0 saturated heterocycles. The maximum atomic E-state index is 11.7. The van der Waals surface area contributed by atoms with Gasteiger partial charge < -0.3 is 15.4 Å². The van der Waals surface area contributed by atoms with Crippen molar-refractivity contribution >= 4 is 21.8 Å². The van der Waals surface area contributed by atoms with Gasteiger partial charge in [0.05, 0.1) is 12.5 Å². The molecule has 2 N–H and O–H groups in total. The number of benzene rings is 1. The Balaban J connectivity index is 2.60. The minimum atomic E-state index is -0.430. The smallest absolute Gasteiger partial charge is 0.226 e. The number of hydrogen-bond donors (Lipinski definition) is 2. The minimum Gasteiger partial charge on any atom is -0.497 e. The highest BCUT2D eigenvalue weighted by Crippen LogP contribution is 2.22.